The number of nitrogens with one attached hydrogen (secondary N) is 1. The van der Waals surface area contributed by atoms with Gasteiger partial charge in [0.05, 0.1) is 11.5 Å². The second kappa shape index (κ2) is 7.94. The zero-order valence-electron chi connectivity index (χ0n) is 12.2. The Balaban J connectivity index is 1.43. The molecule has 1 aromatic heterocycles. The summed E-state index contributed by atoms with van der Waals surface area (Å²) in [6.45, 7) is 0. The Morgan fingerprint density at radius 3 is 2.39 bits per heavy atom. The number of ketones is 1. The Hall–Kier alpha value is -1.38. The molecule has 1 aliphatic carbocycles. The van der Waals surface area contributed by atoms with Crippen molar-refractivity contribution in [3.63, 3.8) is 0 Å². The normalized spacial score (nSPS) is 13.7. The van der Waals surface area contributed by atoms with Gasteiger partial charge in [0.25, 0.3) is 0 Å². The SMILES string of the molecule is O=C(CSc1nnc(SCC(=O)c2ccccc2)s1)NC1CC1. The van der Waals surface area contributed by atoms with Crippen LogP contribution in [0.15, 0.2) is 39.0 Å². The molecule has 1 heterocycles. The van der Waals surface area contributed by atoms with Crippen molar-refractivity contribution in [2.24, 2.45) is 0 Å². The van der Waals surface area contributed by atoms with E-state index in [4.69, 9.17) is 0 Å². The maximum atomic E-state index is 12.0. The van der Waals surface area contributed by atoms with Gasteiger partial charge in [-0.1, -0.05) is 65.2 Å². The van der Waals surface area contributed by atoms with Crippen LogP contribution >= 0.6 is 34.9 Å². The lowest BCUT2D eigenvalue weighted by molar-refractivity contribution is -0.118. The summed E-state index contributed by atoms with van der Waals surface area (Å²) in [6.07, 6.45) is 2.18. The first kappa shape index (κ1) is 16.5. The highest BCUT2D eigenvalue weighted by molar-refractivity contribution is 8.03. The molecule has 1 amide bonds. The van der Waals surface area contributed by atoms with Crippen LogP contribution in [0.3, 0.4) is 0 Å². The van der Waals surface area contributed by atoms with Crippen LogP contribution < -0.4 is 5.32 Å². The van der Waals surface area contributed by atoms with Crippen LogP contribution in [0.1, 0.15) is 23.2 Å². The zero-order chi connectivity index (χ0) is 16.1. The van der Waals surface area contributed by atoms with Gasteiger partial charge in [-0.15, -0.1) is 10.2 Å². The molecule has 0 aliphatic heterocycles. The van der Waals surface area contributed by atoms with Gasteiger partial charge in [-0.3, -0.25) is 9.59 Å². The first-order valence-corrected chi connectivity index (χ1v) is 9.96. The predicted molar refractivity (Wildman–Crippen MR) is 93.3 cm³/mol. The molecular weight excluding hydrogens is 350 g/mol. The van der Waals surface area contributed by atoms with Gasteiger partial charge in [-0.25, -0.2) is 0 Å². The molecule has 1 N–H and O–H groups in total. The van der Waals surface area contributed by atoms with Crippen molar-refractivity contribution in [2.45, 2.75) is 27.6 Å². The Kier molecular flexibility index (Phi) is 5.69. The number of hydrogen-bond acceptors (Lipinski definition) is 7. The minimum atomic E-state index is 0.0427. The summed E-state index contributed by atoms with van der Waals surface area (Å²) < 4.78 is 1.50. The largest absolute Gasteiger partial charge is 0.353 e. The van der Waals surface area contributed by atoms with Crippen LogP contribution in [0.5, 0.6) is 0 Å². The average Bonchev–Trinajstić information content (AvgIpc) is 3.27. The van der Waals surface area contributed by atoms with Gasteiger partial charge in [0.2, 0.25) is 5.91 Å². The predicted octanol–water partition coefficient (Wildman–Crippen LogP) is 2.88. The zero-order valence-corrected chi connectivity index (χ0v) is 14.7. The number of carbonyl (C=O) groups excluding carboxylic acids is 2. The summed E-state index contributed by atoms with van der Waals surface area (Å²) in [4.78, 5) is 23.6. The van der Waals surface area contributed by atoms with Crippen LogP contribution in [0.25, 0.3) is 0 Å². The van der Waals surface area contributed by atoms with Gasteiger partial charge in [0.1, 0.15) is 0 Å². The van der Waals surface area contributed by atoms with Crippen LogP contribution in [0.4, 0.5) is 0 Å². The quantitative estimate of drug-likeness (QED) is 0.573. The fourth-order valence-corrected chi connectivity index (χ4v) is 4.50. The number of hydrogen-bond donors (Lipinski definition) is 1. The topological polar surface area (TPSA) is 72.0 Å². The summed E-state index contributed by atoms with van der Waals surface area (Å²) >= 11 is 4.18. The molecule has 120 valence electrons. The summed E-state index contributed by atoms with van der Waals surface area (Å²) in [5, 5.41) is 11.0. The molecular formula is C15H15N3O2S3. The van der Waals surface area contributed by atoms with Crippen molar-refractivity contribution in [1.82, 2.24) is 15.5 Å². The lowest BCUT2D eigenvalue weighted by Gasteiger charge is -2.00. The van der Waals surface area contributed by atoms with Crippen molar-refractivity contribution in [3.8, 4) is 0 Å². The first-order valence-electron chi connectivity index (χ1n) is 7.17. The highest BCUT2D eigenvalue weighted by Gasteiger charge is 2.23. The molecule has 0 unspecified atom stereocenters. The number of amides is 1. The van der Waals surface area contributed by atoms with E-state index in [1.54, 1.807) is 0 Å². The van der Waals surface area contributed by atoms with E-state index >= 15 is 0 Å². The molecule has 1 aliphatic rings. The number of nitrogens with zero attached hydrogens (tertiary/aromatic N) is 2. The number of thioether (sulfide) groups is 2. The number of rotatable bonds is 8. The monoisotopic (exact) mass is 365 g/mol. The van der Waals surface area contributed by atoms with Crippen LogP contribution in [-0.2, 0) is 4.79 Å². The van der Waals surface area contributed by atoms with E-state index in [1.807, 2.05) is 30.3 Å². The Labute approximate surface area is 146 Å². The maximum Gasteiger partial charge on any atom is 0.230 e. The molecule has 0 spiro atoms. The highest BCUT2D eigenvalue weighted by Crippen LogP contribution is 2.29. The van der Waals surface area contributed by atoms with Crippen molar-refractivity contribution in [3.05, 3.63) is 35.9 Å². The summed E-state index contributed by atoms with van der Waals surface area (Å²) in [6, 6.07) is 9.59. The van der Waals surface area contributed by atoms with Gasteiger partial charge in [0.15, 0.2) is 14.5 Å². The van der Waals surface area contributed by atoms with Crippen molar-refractivity contribution in [2.75, 3.05) is 11.5 Å². The van der Waals surface area contributed by atoms with Gasteiger partial charge in [-0.05, 0) is 12.8 Å². The molecule has 5 nitrogen and oxygen atoms in total. The third-order valence-electron chi connectivity index (χ3n) is 3.08. The summed E-state index contributed by atoms with van der Waals surface area (Å²) in [5.74, 6) is 0.814. The van der Waals surface area contributed by atoms with Crippen LogP contribution in [-0.4, -0.2) is 39.4 Å². The van der Waals surface area contributed by atoms with Crippen LogP contribution in [0, 0.1) is 0 Å². The number of aromatic nitrogens is 2. The van der Waals surface area contributed by atoms with Gasteiger partial charge < -0.3 is 5.32 Å². The van der Waals surface area contributed by atoms with E-state index < -0.39 is 0 Å². The average molecular weight is 366 g/mol. The smallest absolute Gasteiger partial charge is 0.230 e. The summed E-state index contributed by atoms with van der Waals surface area (Å²) in [5.41, 5.74) is 0.705. The molecule has 2 aromatic rings. The highest BCUT2D eigenvalue weighted by atomic mass is 32.2. The van der Waals surface area contributed by atoms with Gasteiger partial charge in [0, 0.05) is 11.6 Å². The summed E-state index contributed by atoms with van der Waals surface area (Å²) in [7, 11) is 0. The first-order chi connectivity index (χ1) is 11.2. The molecule has 0 radical (unpaired) electrons. The van der Waals surface area contributed by atoms with Crippen molar-refractivity contribution < 1.29 is 9.59 Å². The molecule has 1 saturated carbocycles. The Morgan fingerprint density at radius 1 is 1.09 bits per heavy atom. The fraction of sp³-hybridized carbons (Fsp3) is 0.333. The van der Waals surface area contributed by atoms with E-state index in [9.17, 15) is 9.59 Å². The third-order valence-corrected chi connectivity index (χ3v) is 6.27. The lowest BCUT2D eigenvalue weighted by Crippen LogP contribution is -2.26. The van der Waals surface area contributed by atoms with E-state index in [0.29, 0.717) is 23.1 Å². The molecule has 0 saturated heterocycles. The molecule has 23 heavy (non-hydrogen) atoms. The minimum absolute atomic E-state index is 0.0427. The molecule has 0 atom stereocenters. The lowest BCUT2D eigenvalue weighted by atomic mass is 10.2. The molecule has 1 fully saturated rings. The molecule has 0 bridgehead atoms. The second-order valence-corrected chi connectivity index (χ2v) is 8.46. The van der Waals surface area contributed by atoms with E-state index in [2.05, 4.69) is 15.5 Å². The third kappa shape index (κ3) is 5.33. The number of benzene rings is 1. The van der Waals surface area contributed by atoms with Gasteiger partial charge in [-0.2, -0.15) is 0 Å². The number of carbonyl (C=O) groups is 2. The maximum absolute atomic E-state index is 12.0. The fourth-order valence-electron chi connectivity index (χ4n) is 1.77. The standard InChI is InChI=1S/C15H15N3O2S3/c19-12(10-4-2-1-3-5-10)8-21-14-17-18-15(23-14)22-9-13(20)16-11-6-7-11/h1-5,11H,6-9H2,(H,16,20). The molecule has 8 heteroatoms. The minimum Gasteiger partial charge on any atom is -0.353 e. The second-order valence-electron chi connectivity index (χ2n) is 5.04. The Morgan fingerprint density at radius 2 is 1.74 bits per heavy atom. The van der Waals surface area contributed by atoms with Gasteiger partial charge >= 0.3 is 0 Å². The van der Waals surface area contributed by atoms with E-state index in [-0.39, 0.29) is 11.7 Å². The number of Topliss-reactive ketones (excluding diaryl/α,β-unsaturated/α-hetero) is 1. The Bertz CT molecular complexity index is 686. The van der Waals surface area contributed by atoms with Crippen molar-refractivity contribution >= 4 is 46.6 Å². The molecule has 1 aromatic carbocycles. The van der Waals surface area contributed by atoms with E-state index in [0.717, 1.165) is 21.5 Å². The van der Waals surface area contributed by atoms with E-state index in [1.165, 1.54) is 34.9 Å². The molecule has 3 rings (SSSR count). The van der Waals surface area contributed by atoms with Crippen LogP contribution in [0.2, 0.25) is 0 Å². The van der Waals surface area contributed by atoms with Crippen molar-refractivity contribution in [1.29, 1.82) is 0 Å².